The van der Waals surface area contributed by atoms with Gasteiger partial charge in [0.05, 0.1) is 6.10 Å². The maximum Gasteiger partial charge on any atom is 0.222 e. The number of nitrogens with one attached hydrogen (secondary N) is 1. The Balaban J connectivity index is 2.37. The van der Waals surface area contributed by atoms with Crippen molar-refractivity contribution < 1.29 is 14.7 Å². The summed E-state index contributed by atoms with van der Waals surface area (Å²) in [7, 11) is 0. The molecule has 1 fully saturated rings. The third-order valence-corrected chi connectivity index (χ3v) is 2.96. The number of amides is 2. The number of rotatable bonds is 4. The van der Waals surface area contributed by atoms with Gasteiger partial charge < -0.3 is 15.3 Å². The number of hydrogen-bond acceptors (Lipinski definition) is 3. The minimum atomic E-state index is -0.435. The van der Waals surface area contributed by atoms with Gasteiger partial charge >= 0.3 is 0 Å². The molecule has 2 unspecified atom stereocenters. The van der Waals surface area contributed by atoms with Crippen LogP contribution in [0.5, 0.6) is 0 Å². The molecule has 2 N–H and O–H groups in total. The molecule has 1 saturated heterocycles. The summed E-state index contributed by atoms with van der Waals surface area (Å²) in [4.78, 5) is 24.6. The number of piperidine rings is 1. The van der Waals surface area contributed by atoms with Gasteiger partial charge in [0.25, 0.3) is 0 Å². The highest BCUT2D eigenvalue weighted by molar-refractivity contribution is 5.77. The van der Waals surface area contributed by atoms with Crippen LogP contribution in [-0.4, -0.2) is 47.1 Å². The van der Waals surface area contributed by atoms with Crippen molar-refractivity contribution in [3.05, 3.63) is 0 Å². The van der Waals surface area contributed by atoms with E-state index in [1.807, 2.05) is 0 Å². The summed E-state index contributed by atoms with van der Waals surface area (Å²) in [6, 6.07) is 0.0803. The minimum absolute atomic E-state index is 0.0479. The molecule has 5 heteroatoms. The standard InChI is InChI=1S/C12H22N2O3/c1-9(15)5-6-12(17)14-7-3-4-11(8-14)13-10(2)16/h9,11,15H,3-8H2,1-2H3,(H,13,16). The van der Waals surface area contributed by atoms with E-state index in [-0.39, 0.29) is 17.9 Å². The Hall–Kier alpha value is -1.10. The topological polar surface area (TPSA) is 69.6 Å². The van der Waals surface area contributed by atoms with Crippen LogP contribution in [0.4, 0.5) is 0 Å². The molecular formula is C12H22N2O3. The molecule has 0 radical (unpaired) electrons. The first kappa shape index (κ1) is 14.0. The lowest BCUT2D eigenvalue weighted by Crippen LogP contribution is -2.49. The molecule has 0 aromatic carbocycles. The molecule has 1 heterocycles. The SMILES string of the molecule is CC(=O)NC1CCCN(C(=O)CCC(C)O)C1. The van der Waals surface area contributed by atoms with Crippen molar-refractivity contribution in [1.82, 2.24) is 10.2 Å². The van der Waals surface area contributed by atoms with Gasteiger partial charge in [-0.2, -0.15) is 0 Å². The quantitative estimate of drug-likeness (QED) is 0.743. The molecule has 0 saturated carbocycles. The summed E-state index contributed by atoms with van der Waals surface area (Å²) in [5.74, 6) is 0.0224. The molecule has 1 aliphatic heterocycles. The lowest BCUT2D eigenvalue weighted by molar-refractivity contribution is -0.134. The number of carbonyl (C=O) groups is 2. The van der Waals surface area contributed by atoms with Gasteiger partial charge in [0.15, 0.2) is 0 Å². The fourth-order valence-corrected chi connectivity index (χ4v) is 2.10. The Bertz CT molecular complexity index is 279. The summed E-state index contributed by atoms with van der Waals surface area (Å²) in [5.41, 5.74) is 0. The van der Waals surface area contributed by atoms with Gasteiger partial charge in [0.2, 0.25) is 11.8 Å². The number of hydrogen-bond donors (Lipinski definition) is 2. The van der Waals surface area contributed by atoms with Crippen LogP contribution in [0.3, 0.4) is 0 Å². The van der Waals surface area contributed by atoms with Gasteiger partial charge in [0, 0.05) is 32.5 Å². The zero-order chi connectivity index (χ0) is 12.8. The fourth-order valence-electron chi connectivity index (χ4n) is 2.10. The molecule has 1 rings (SSSR count). The van der Waals surface area contributed by atoms with Crippen molar-refractivity contribution in [2.75, 3.05) is 13.1 Å². The Kier molecular flexibility index (Phi) is 5.41. The largest absolute Gasteiger partial charge is 0.393 e. The third-order valence-electron chi connectivity index (χ3n) is 2.96. The first-order valence-electron chi connectivity index (χ1n) is 6.22. The van der Waals surface area contributed by atoms with Crippen molar-refractivity contribution >= 4 is 11.8 Å². The van der Waals surface area contributed by atoms with E-state index in [9.17, 15) is 9.59 Å². The van der Waals surface area contributed by atoms with Crippen LogP contribution in [0.15, 0.2) is 0 Å². The van der Waals surface area contributed by atoms with E-state index >= 15 is 0 Å². The molecule has 0 spiro atoms. The lowest BCUT2D eigenvalue weighted by Gasteiger charge is -2.33. The molecule has 0 aromatic heterocycles. The zero-order valence-corrected chi connectivity index (χ0v) is 10.6. The van der Waals surface area contributed by atoms with Gasteiger partial charge in [0.1, 0.15) is 0 Å². The molecule has 1 aliphatic rings. The van der Waals surface area contributed by atoms with E-state index in [0.29, 0.717) is 19.4 Å². The molecule has 0 bridgehead atoms. The van der Waals surface area contributed by atoms with Gasteiger partial charge in [-0.3, -0.25) is 9.59 Å². The predicted molar refractivity (Wildman–Crippen MR) is 64.3 cm³/mol. The smallest absolute Gasteiger partial charge is 0.222 e. The van der Waals surface area contributed by atoms with Gasteiger partial charge in [-0.25, -0.2) is 0 Å². The van der Waals surface area contributed by atoms with E-state index < -0.39 is 6.10 Å². The minimum Gasteiger partial charge on any atom is -0.393 e. The Morgan fingerprint density at radius 3 is 2.82 bits per heavy atom. The highest BCUT2D eigenvalue weighted by Gasteiger charge is 2.23. The molecule has 0 aliphatic carbocycles. The molecule has 5 nitrogen and oxygen atoms in total. The van der Waals surface area contributed by atoms with Crippen molar-refractivity contribution in [2.45, 2.75) is 51.7 Å². The average molecular weight is 242 g/mol. The van der Waals surface area contributed by atoms with Gasteiger partial charge in [-0.15, -0.1) is 0 Å². The number of aliphatic hydroxyl groups is 1. The first-order chi connectivity index (χ1) is 7.99. The van der Waals surface area contributed by atoms with Crippen LogP contribution in [0.2, 0.25) is 0 Å². The van der Waals surface area contributed by atoms with Crippen LogP contribution >= 0.6 is 0 Å². The van der Waals surface area contributed by atoms with E-state index in [1.54, 1.807) is 11.8 Å². The monoisotopic (exact) mass is 242 g/mol. The number of nitrogens with zero attached hydrogens (tertiary/aromatic N) is 1. The summed E-state index contributed by atoms with van der Waals surface area (Å²) in [6.45, 7) is 4.53. The summed E-state index contributed by atoms with van der Waals surface area (Å²) >= 11 is 0. The zero-order valence-electron chi connectivity index (χ0n) is 10.6. The van der Waals surface area contributed by atoms with E-state index in [4.69, 9.17) is 5.11 Å². The second-order valence-corrected chi connectivity index (χ2v) is 4.77. The first-order valence-corrected chi connectivity index (χ1v) is 6.22. The van der Waals surface area contributed by atoms with Crippen LogP contribution in [0, 0.1) is 0 Å². The lowest BCUT2D eigenvalue weighted by atomic mass is 10.0. The number of likely N-dealkylation sites (tertiary alicyclic amines) is 1. The Morgan fingerprint density at radius 2 is 2.24 bits per heavy atom. The van der Waals surface area contributed by atoms with Crippen LogP contribution in [0.25, 0.3) is 0 Å². The van der Waals surface area contributed by atoms with Crippen LogP contribution in [0.1, 0.15) is 39.5 Å². The average Bonchev–Trinajstić information content (AvgIpc) is 2.25. The molecule has 2 atom stereocenters. The number of aliphatic hydroxyl groups excluding tert-OH is 1. The Labute approximate surface area is 102 Å². The third kappa shape index (κ3) is 5.17. The van der Waals surface area contributed by atoms with Crippen molar-refractivity contribution in [2.24, 2.45) is 0 Å². The molecule has 98 valence electrons. The Morgan fingerprint density at radius 1 is 1.53 bits per heavy atom. The number of carbonyl (C=O) groups excluding carboxylic acids is 2. The maximum atomic E-state index is 11.8. The maximum absolute atomic E-state index is 11.8. The molecule has 0 aromatic rings. The predicted octanol–water partition coefficient (Wildman–Crippen LogP) is 0.275. The van der Waals surface area contributed by atoms with E-state index in [1.165, 1.54) is 6.92 Å². The normalized spacial score (nSPS) is 22.1. The van der Waals surface area contributed by atoms with Crippen molar-refractivity contribution in [1.29, 1.82) is 0 Å². The molecule has 2 amide bonds. The second kappa shape index (κ2) is 6.59. The fraction of sp³-hybridized carbons (Fsp3) is 0.833. The second-order valence-electron chi connectivity index (χ2n) is 4.77. The highest BCUT2D eigenvalue weighted by atomic mass is 16.3. The highest BCUT2D eigenvalue weighted by Crippen LogP contribution is 2.12. The molecular weight excluding hydrogens is 220 g/mol. The summed E-state index contributed by atoms with van der Waals surface area (Å²) < 4.78 is 0. The van der Waals surface area contributed by atoms with Gasteiger partial charge in [-0.1, -0.05) is 0 Å². The van der Waals surface area contributed by atoms with Crippen molar-refractivity contribution in [3.8, 4) is 0 Å². The van der Waals surface area contributed by atoms with Crippen molar-refractivity contribution in [3.63, 3.8) is 0 Å². The van der Waals surface area contributed by atoms with Gasteiger partial charge in [-0.05, 0) is 26.2 Å². The molecule has 17 heavy (non-hydrogen) atoms. The van der Waals surface area contributed by atoms with Crippen LogP contribution < -0.4 is 5.32 Å². The summed E-state index contributed by atoms with van der Waals surface area (Å²) in [6.07, 6.45) is 2.30. The van der Waals surface area contributed by atoms with E-state index in [2.05, 4.69) is 5.32 Å². The van der Waals surface area contributed by atoms with Crippen LogP contribution in [-0.2, 0) is 9.59 Å². The van der Waals surface area contributed by atoms with E-state index in [0.717, 1.165) is 19.4 Å². The summed E-state index contributed by atoms with van der Waals surface area (Å²) in [5, 5.41) is 12.0.